The Hall–Kier alpha value is -1.89. The molecule has 0 unspecified atom stereocenters. The Bertz CT molecular complexity index is 564. The summed E-state index contributed by atoms with van der Waals surface area (Å²) in [5.41, 5.74) is 0. The fourth-order valence-corrected chi connectivity index (χ4v) is 3.44. The predicted octanol–water partition coefficient (Wildman–Crippen LogP) is 1.29. The molecule has 1 aromatic rings. The molecule has 3 rings (SSSR count). The Kier molecular flexibility index (Phi) is 6.07. The predicted molar refractivity (Wildman–Crippen MR) is 99.8 cm³/mol. The minimum Gasteiger partial charge on any atom is -0.370 e. The van der Waals surface area contributed by atoms with E-state index in [1.54, 1.807) is 6.20 Å². The van der Waals surface area contributed by atoms with Crippen LogP contribution in [-0.4, -0.2) is 78.0 Å². The van der Waals surface area contributed by atoms with Crippen LogP contribution < -0.4 is 10.2 Å². The van der Waals surface area contributed by atoms with Gasteiger partial charge in [-0.2, -0.15) is 4.98 Å². The highest BCUT2D eigenvalue weighted by molar-refractivity contribution is 5.78. The molecule has 0 aliphatic carbocycles. The molecule has 1 N–H and O–H groups in total. The number of carbonyl (C=O) groups excluding carboxylic acids is 1. The van der Waals surface area contributed by atoms with Crippen LogP contribution >= 0.6 is 0 Å². The quantitative estimate of drug-likeness (QED) is 0.867. The molecule has 25 heavy (non-hydrogen) atoms. The Balaban J connectivity index is 1.47. The van der Waals surface area contributed by atoms with Crippen molar-refractivity contribution in [1.82, 2.24) is 19.8 Å². The second-order valence-electron chi connectivity index (χ2n) is 7.10. The molecule has 7 nitrogen and oxygen atoms in total. The monoisotopic (exact) mass is 346 g/mol. The van der Waals surface area contributed by atoms with Gasteiger partial charge in [-0.3, -0.25) is 9.69 Å². The van der Waals surface area contributed by atoms with Gasteiger partial charge in [0, 0.05) is 52.0 Å². The highest BCUT2D eigenvalue weighted by atomic mass is 16.2. The first-order chi connectivity index (χ1) is 12.2. The lowest BCUT2D eigenvalue weighted by molar-refractivity contribution is -0.133. The molecule has 0 spiro atoms. The van der Waals surface area contributed by atoms with Gasteiger partial charge in [0.2, 0.25) is 11.9 Å². The third-order valence-electron chi connectivity index (χ3n) is 5.15. The molecule has 0 atom stereocenters. The summed E-state index contributed by atoms with van der Waals surface area (Å²) in [6.45, 7) is 11.0. The number of nitrogens with one attached hydrogen (secondary N) is 1. The van der Waals surface area contributed by atoms with Crippen molar-refractivity contribution < 1.29 is 4.79 Å². The largest absolute Gasteiger partial charge is 0.370 e. The summed E-state index contributed by atoms with van der Waals surface area (Å²) >= 11 is 0. The summed E-state index contributed by atoms with van der Waals surface area (Å²) in [6, 6.07) is 1.89. The molecule has 7 heteroatoms. The summed E-state index contributed by atoms with van der Waals surface area (Å²) in [5, 5.41) is 3.22. The number of hydrogen-bond acceptors (Lipinski definition) is 6. The lowest BCUT2D eigenvalue weighted by atomic mass is 9.99. The molecule has 0 aromatic carbocycles. The van der Waals surface area contributed by atoms with Gasteiger partial charge in [0.1, 0.15) is 5.82 Å². The Morgan fingerprint density at radius 3 is 2.60 bits per heavy atom. The number of nitrogens with zero attached hydrogens (tertiary/aromatic N) is 5. The molecule has 3 heterocycles. The zero-order valence-electron chi connectivity index (χ0n) is 15.4. The molecule has 0 radical (unpaired) electrons. The highest BCUT2D eigenvalue weighted by Crippen LogP contribution is 2.17. The van der Waals surface area contributed by atoms with E-state index in [0.29, 0.717) is 6.54 Å². The summed E-state index contributed by atoms with van der Waals surface area (Å²) in [4.78, 5) is 27.9. The van der Waals surface area contributed by atoms with E-state index in [1.807, 2.05) is 11.0 Å². The van der Waals surface area contributed by atoms with Crippen molar-refractivity contribution in [3.63, 3.8) is 0 Å². The molecule has 0 bridgehead atoms. The minimum atomic E-state index is 0.283. The van der Waals surface area contributed by atoms with Gasteiger partial charge in [-0.1, -0.05) is 6.92 Å². The van der Waals surface area contributed by atoms with Gasteiger partial charge in [-0.05, 0) is 31.7 Å². The number of rotatable bonds is 5. The van der Waals surface area contributed by atoms with Crippen LogP contribution in [-0.2, 0) is 4.79 Å². The first kappa shape index (κ1) is 17.9. The van der Waals surface area contributed by atoms with Crippen molar-refractivity contribution in [3.8, 4) is 0 Å². The van der Waals surface area contributed by atoms with Crippen LogP contribution in [0.15, 0.2) is 12.3 Å². The van der Waals surface area contributed by atoms with E-state index >= 15 is 0 Å². The summed E-state index contributed by atoms with van der Waals surface area (Å²) in [6.07, 6.45) is 4.07. The van der Waals surface area contributed by atoms with Gasteiger partial charge >= 0.3 is 0 Å². The standard InChI is InChI=1S/C18H30N6O/c1-3-19-16-4-7-20-18(21-16)24-12-10-22(11-13-24)14-17(25)23-8-5-15(2)6-9-23/h4,7,15H,3,5-6,8-14H2,1-2H3,(H,19,20,21). The fraction of sp³-hybridized carbons (Fsp3) is 0.722. The average Bonchev–Trinajstić information content (AvgIpc) is 2.63. The van der Waals surface area contributed by atoms with Crippen LogP contribution in [0.2, 0.25) is 0 Å². The fourth-order valence-electron chi connectivity index (χ4n) is 3.44. The van der Waals surface area contributed by atoms with E-state index in [2.05, 4.69) is 38.9 Å². The number of piperazine rings is 1. The van der Waals surface area contributed by atoms with Crippen LogP contribution in [0.3, 0.4) is 0 Å². The third kappa shape index (κ3) is 4.81. The molecule has 2 fully saturated rings. The van der Waals surface area contributed by atoms with Crippen LogP contribution in [0.25, 0.3) is 0 Å². The number of carbonyl (C=O) groups is 1. The summed E-state index contributed by atoms with van der Waals surface area (Å²) in [5.74, 6) is 2.68. The van der Waals surface area contributed by atoms with Crippen molar-refractivity contribution in [3.05, 3.63) is 12.3 Å². The zero-order valence-corrected chi connectivity index (χ0v) is 15.4. The lowest BCUT2D eigenvalue weighted by Crippen LogP contribution is -2.51. The number of piperidine rings is 1. The number of hydrogen-bond donors (Lipinski definition) is 1. The second kappa shape index (κ2) is 8.47. The van der Waals surface area contributed by atoms with Crippen LogP contribution in [0.4, 0.5) is 11.8 Å². The van der Waals surface area contributed by atoms with Crippen molar-refractivity contribution in [2.24, 2.45) is 5.92 Å². The third-order valence-corrected chi connectivity index (χ3v) is 5.15. The molecule has 2 aliphatic heterocycles. The number of likely N-dealkylation sites (tertiary alicyclic amines) is 1. The van der Waals surface area contributed by atoms with Gasteiger partial charge in [0.05, 0.1) is 6.54 Å². The number of anilines is 2. The van der Waals surface area contributed by atoms with Gasteiger partial charge in [0.15, 0.2) is 0 Å². The maximum atomic E-state index is 12.5. The van der Waals surface area contributed by atoms with Gasteiger partial charge in [0.25, 0.3) is 0 Å². The Morgan fingerprint density at radius 1 is 1.20 bits per heavy atom. The molecular formula is C18H30N6O. The van der Waals surface area contributed by atoms with E-state index in [9.17, 15) is 4.79 Å². The highest BCUT2D eigenvalue weighted by Gasteiger charge is 2.25. The number of amides is 1. The van der Waals surface area contributed by atoms with Crippen molar-refractivity contribution >= 4 is 17.7 Å². The van der Waals surface area contributed by atoms with E-state index in [4.69, 9.17) is 0 Å². The van der Waals surface area contributed by atoms with E-state index in [1.165, 1.54) is 0 Å². The maximum Gasteiger partial charge on any atom is 0.236 e. The first-order valence-electron chi connectivity index (χ1n) is 9.47. The summed E-state index contributed by atoms with van der Waals surface area (Å²) < 4.78 is 0. The average molecular weight is 346 g/mol. The van der Waals surface area contributed by atoms with Crippen molar-refractivity contribution in [2.75, 3.05) is 62.6 Å². The first-order valence-corrected chi connectivity index (χ1v) is 9.47. The topological polar surface area (TPSA) is 64.6 Å². The van der Waals surface area contributed by atoms with E-state index in [0.717, 1.165) is 76.3 Å². The SMILES string of the molecule is CCNc1ccnc(N2CCN(CC(=O)N3CCC(C)CC3)CC2)n1. The van der Waals surface area contributed by atoms with E-state index < -0.39 is 0 Å². The second-order valence-corrected chi connectivity index (χ2v) is 7.10. The van der Waals surface area contributed by atoms with Crippen LogP contribution in [0.5, 0.6) is 0 Å². The molecule has 1 amide bonds. The Morgan fingerprint density at radius 2 is 1.92 bits per heavy atom. The molecule has 1 aromatic heterocycles. The van der Waals surface area contributed by atoms with Gasteiger partial charge < -0.3 is 15.1 Å². The molecule has 138 valence electrons. The zero-order chi connectivity index (χ0) is 17.6. The van der Waals surface area contributed by atoms with Crippen LogP contribution in [0, 0.1) is 5.92 Å². The van der Waals surface area contributed by atoms with Gasteiger partial charge in [-0.15, -0.1) is 0 Å². The van der Waals surface area contributed by atoms with Crippen LogP contribution in [0.1, 0.15) is 26.7 Å². The normalized spacial score (nSPS) is 19.9. The smallest absolute Gasteiger partial charge is 0.236 e. The number of aromatic nitrogens is 2. The van der Waals surface area contributed by atoms with Crippen molar-refractivity contribution in [2.45, 2.75) is 26.7 Å². The molecular weight excluding hydrogens is 316 g/mol. The van der Waals surface area contributed by atoms with Crippen molar-refractivity contribution in [1.29, 1.82) is 0 Å². The molecule has 2 saturated heterocycles. The van der Waals surface area contributed by atoms with E-state index in [-0.39, 0.29) is 5.91 Å². The molecule has 0 saturated carbocycles. The maximum absolute atomic E-state index is 12.5. The van der Waals surface area contributed by atoms with Gasteiger partial charge in [-0.25, -0.2) is 4.98 Å². The summed E-state index contributed by atoms with van der Waals surface area (Å²) in [7, 11) is 0. The molecule has 2 aliphatic rings. The minimum absolute atomic E-state index is 0.283. The Labute approximate surface area is 150 Å². The lowest BCUT2D eigenvalue weighted by Gasteiger charge is -2.36.